The molecule has 0 aromatic carbocycles. The molecule has 1 aromatic rings. The van der Waals surface area contributed by atoms with Crippen molar-refractivity contribution < 1.29 is 0 Å². The maximum absolute atomic E-state index is 6.29. The summed E-state index contributed by atoms with van der Waals surface area (Å²) >= 11 is 0. The van der Waals surface area contributed by atoms with Crippen molar-refractivity contribution in [3.63, 3.8) is 0 Å². The van der Waals surface area contributed by atoms with Crippen molar-refractivity contribution in [3.05, 3.63) is 6.33 Å². The molecular weight excluding hydrogens is 226 g/mol. The molecule has 98 valence electrons. The molecule has 2 aliphatic heterocycles. The Morgan fingerprint density at radius 3 is 1.72 bits per heavy atom. The molecule has 0 atom stereocenters. The van der Waals surface area contributed by atoms with Gasteiger partial charge in [0.15, 0.2) is 11.6 Å². The molecule has 0 spiro atoms. The first-order chi connectivity index (χ1) is 8.86. The van der Waals surface area contributed by atoms with Crippen LogP contribution >= 0.6 is 0 Å². The van der Waals surface area contributed by atoms with Gasteiger partial charge in [-0.15, -0.1) is 0 Å². The van der Waals surface area contributed by atoms with Crippen molar-refractivity contribution >= 4 is 17.3 Å². The summed E-state index contributed by atoms with van der Waals surface area (Å²) in [5.41, 5.74) is 7.05. The highest BCUT2D eigenvalue weighted by molar-refractivity contribution is 5.75. The molecule has 0 saturated carbocycles. The van der Waals surface area contributed by atoms with E-state index in [1.165, 1.54) is 32.1 Å². The van der Waals surface area contributed by atoms with Crippen LogP contribution < -0.4 is 15.5 Å². The lowest BCUT2D eigenvalue weighted by atomic mass is 10.1. The van der Waals surface area contributed by atoms with Gasteiger partial charge in [0.05, 0.1) is 0 Å². The minimum Gasteiger partial charge on any atom is -0.393 e. The van der Waals surface area contributed by atoms with Crippen molar-refractivity contribution in [1.29, 1.82) is 0 Å². The Morgan fingerprint density at radius 2 is 1.22 bits per heavy atom. The fourth-order valence-corrected chi connectivity index (χ4v) is 2.92. The molecule has 5 nitrogen and oxygen atoms in total. The van der Waals surface area contributed by atoms with E-state index in [0.29, 0.717) is 0 Å². The smallest absolute Gasteiger partial charge is 0.157 e. The van der Waals surface area contributed by atoms with Gasteiger partial charge < -0.3 is 15.5 Å². The van der Waals surface area contributed by atoms with Crippen LogP contribution in [0.25, 0.3) is 0 Å². The summed E-state index contributed by atoms with van der Waals surface area (Å²) < 4.78 is 0. The Bertz CT molecular complexity index is 408. The fourth-order valence-electron chi connectivity index (χ4n) is 2.92. The average Bonchev–Trinajstić information content (AvgIpc) is 2.94. The third-order valence-electron chi connectivity index (χ3n) is 3.90. The van der Waals surface area contributed by atoms with E-state index >= 15 is 0 Å². The standard InChI is InChI=1S/C13H21N5/c14-11-12(17-6-2-1-3-7-17)15-10-16-13(11)18-8-4-5-9-18/h10H,1-9,14H2. The van der Waals surface area contributed by atoms with Gasteiger partial charge in [-0.1, -0.05) is 0 Å². The van der Waals surface area contributed by atoms with E-state index in [4.69, 9.17) is 5.73 Å². The summed E-state index contributed by atoms with van der Waals surface area (Å²) in [6, 6.07) is 0. The van der Waals surface area contributed by atoms with Crippen molar-refractivity contribution in [2.45, 2.75) is 32.1 Å². The van der Waals surface area contributed by atoms with E-state index in [-0.39, 0.29) is 0 Å². The van der Waals surface area contributed by atoms with Gasteiger partial charge in [-0.05, 0) is 32.1 Å². The van der Waals surface area contributed by atoms with Crippen LogP contribution in [0.2, 0.25) is 0 Å². The summed E-state index contributed by atoms with van der Waals surface area (Å²) in [6.45, 7) is 4.28. The molecule has 5 heteroatoms. The van der Waals surface area contributed by atoms with Gasteiger partial charge in [-0.25, -0.2) is 9.97 Å². The molecule has 0 aliphatic carbocycles. The van der Waals surface area contributed by atoms with Crippen molar-refractivity contribution in [1.82, 2.24) is 9.97 Å². The second-order valence-corrected chi connectivity index (χ2v) is 5.18. The Kier molecular flexibility index (Phi) is 3.21. The predicted molar refractivity (Wildman–Crippen MR) is 74.0 cm³/mol. The highest BCUT2D eigenvalue weighted by atomic mass is 15.3. The van der Waals surface area contributed by atoms with Gasteiger partial charge in [0.1, 0.15) is 12.0 Å². The number of hydrogen-bond acceptors (Lipinski definition) is 5. The molecule has 1 aromatic heterocycles. The molecule has 0 unspecified atom stereocenters. The van der Waals surface area contributed by atoms with Gasteiger partial charge in [-0.3, -0.25) is 0 Å². The summed E-state index contributed by atoms with van der Waals surface area (Å²) in [6.07, 6.45) is 7.93. The summed E-state index contributed by atoms with van der Waals surface area (Å²) in [7, 11) is 0. The summed E-state index contributed by atoms with van der Waals surface area (Å²) in [5, 5.41) is 0. The Labute approximate surface area is 108 Å². The first-order valence-corrected chi connectivity index (χ1v) is 6.96. The van der Waals surface area contributed by atoms with Gasteiger partial charge >= 0.3 is 0 Å². The number of rotatable bonds is 2. The zero-order valence-electron chi connectivity index (χ0n) is 10.8. The molecule has 2 fully saturated rings. The number of aromatic nitrogens is 2. The fraction of sp³-hybridized carbons (Fsp3) is 0.692. The van der Waals surface area contributed by atoms with Crippen LogP contribution in [0.3, 0.4) is 0 Å². The Morgan fingerprint density at radius 1 is 0.778 bits per heavy atom. The van der Waals surface area contributed by atoms with Crippen molar-refractivity contribution in [2.75, 3.05) is 41.7 Å². The largest absolute Gasteiger partial charge is 0.393 e. The molecule has 0 radical (unpaired) electrons. The number of hydrogen-bond donors (Lipinski definition) is 1. The molecular formula is C13H21N5. The quantitative estimate of drug-likeness (QED) is 0.861. The van der Waals surface area contributed by atoms with E-state index in [1.54, 1.807) is 6.33 Å². The molecule has 0 bridgehead atoms. The third-order valence-corrected chi connectivity index (χ3v) is 3.90. The third kappa shape index (κ3) is 2.09. The van der Waals surface area contributed by atoms with Crippen LogP contribution in [0.4, 0.5) is 17.3 Å². The van der Waals surface area contributed by atoms with E-state index in [0.717, 1.165) is 43.5 Å². The number of anilines is 3. The van der Waals surface area contributed by atoms with Crippen LogP contribution in [-0.4, -0.2) is 36.1 Å². The van der Waals surface area contributed by atoms with Gasteiger partial charge in [0, 0.05) is 26.2 Å². The SMILES string of the molecule is Nc1c(N2CCCCC2)ncnc1N1CCCC1. The molecule has 3 heterocycles. The van der Waals surface area contributed by atoms with Crippen LogP contribution in [0, 0.1) is 0 Å². The van der Waals surface area contributed by atoms with Crippen LogP contribution in [-0.2, 0) is 0 Å². The van der Waals surface area contributed by atoms with E-state index in [9.17, 15) is 0 Å². The number of nitrogen functional groups attached to an aromatic ring is 1. The van der Waals surface area contributed by atoms with Crippen LogP contribution in [0.15, 0.2) is 6.33 Å². The lowest BCUT2D eigenvalue weighted by molar-refractivity contribution is 0.573. The predicted octanol–water partition coefficient (Wildman–Crippen LogP) is 1.65. The number of nitrogens with zero attached hydrogens (tertiary/aromatic N) is 4. The molecule has 18 heavy (non-hydrogen) atoms. The van der Waals surface area contributed by atoms with E-state index in [1.807, 2.05) is 0 Å². The monoisotopic (exact) mass is 247 g/mol. The highest BCUT2D eigenvalue weighted by Crippen LogP contribution is 2.31. The van der Waals surface area contributed by atoms with Crippen molar-refractivity contribution in [3.8, 4) is 0 Å². The highest BCUT2D eigenvalue weighted by Gasteiger charge is 2.21. The number of nitrogens with two attached hydrogens (primary N) is 1. The van der Waals surface area contributed by atoms with Crippen LogP contribution in [0.5, 0.6) is 0 Å². The number of piperidine rings is 1. The molecule has 3 rings (SSSR count). The zero-order valence-corrected chi connectivity index (χ0v) is 10.8. The van der Waals surface area contributed by atoms with Gasteiger partial charge in [0.2, 0.25) is 0 Å². The maximum atomic E-state index is 6.29. The summed E-state index contributed by atoms with van der Waals surface area (Å²) in [5.74, 6) is 1.87. The maximum Gasteiger partial charge on any atom is 0.157 e. The second kappa shape index (κ2) is 5.00. The lowest BCUT2D eigenvalue weighted by Crippen LogP contribution is -2.32. The Hall–Kier alpha value is -1.52. The minimum atomic E-state index is 0.765. The lowest BCUT2D eigenvalue weighted by Gasteiger charge is -2.30. The van der Waals surface area contributed by atoms with Crippen molar-refractivity contribution in [2.24, 2.45) is 0 Å². The first-order valence-electron chi connectivity index (χ1n) is 6.96. The second-order valence-electron chi connectivity index (χ2n) is 5.18. The van der Waals surface area contributed by atoms with E-state index < -0.39 is 0 Å². The van der Waals surface area contributed by atoms with Gasteiger partial charge in [-0.2, -0.15) is 0 Å². The summed E-state index contributed by atoms with van der Waals surface area (Å²) in [4.78, 5) is 13.4. The molecule has 2 saturated heterocycles. The van der Waals surface area contributed by atoms with E-state index in [2.05, 4.69) is 19.8 Å². The molecule has 2 N–H and O–H groups in total. The molecule has 2 aliphatic rings. The Balaban J connectivity index is 1.87. The van der Waals surface area contributed by atoms with Gasteiger partial charge in [0.25, 0.3) is 0 Å². The average molecular weight is 247 g/mol. The first kappa shape index (κ1) is 11.6. The normalized spacial score (nSPS) is 20.4. The topological polar surface area (TPSA) is 58.3 Å². The molecule has 0 amide bonds. The van der Waals surface area contributed by atoms with Crippen LogP contribution in [0.1, 0.15) is 32.1 Å². The zero-order chi connectivity index (χ0) is 12.4. The minimum absolute atomic E-state index is 0.765.